The third-order valence-electron chi connectivity index (χ3n) is 3.62. The van der Waals surface area contributed by atoms with Gasteiger partial charge in [0, 0.05) is 19.5 Å². The first-order chi connectivity index (χ1) is 8.82. The third-order valence-corrected chi connectivity index (χ3v) is 3.62. The molecule has 1 amide bonds. The first-order valence-corrected chi connectivity index (χ1v) is 6.95. The van der Waals surface area contributed by atoms with Crippen molar-refractivity contribution in [3.05, 3.63) is 5.69 Å². The quantitative estimate of drug-likeness (QED) is 0.863. The molecular weight excluding hydrogens is 240 g/mol. The molecule has 1 aromatic heterocycles. The number of carbonyl (C=O) groups excluding carboxylic acids is 1. The summed E-state index contributed by atoms with van der Waals surface area (Å²) in [6.45, 7) is 8.55. The lowest BCUT2D eigenvalue weighted by atomic mass is 9.85. The maximum absolute atomic E-state index is 12.1. The predicted molar refractivity (Wildman–Crippen MR) is 77.3 cm³/mol. The van der Waals surface area contributed by atoms with Crippen molar-refractivity contribution in [2.75, 3.05) is 10.6 Å². The standard InChI is InChI=1S/C14H24N4O/c1-6-7-9-12-13(18(5)17-9)15-10(14(2,3)4)8-11(19)16-12/h10,15H,6-8H2,1-5H3,(H,16,19). The Bertz CT molecular complexity index is 484. The van der Waals surface area contributed by atoms with Crippen LogP contribution in [-0.2, 0) is 18.3 Å². The van der Waals surface area contributed by atoms with E-state index in [1.165, 1.54) is 0 Å². The van der Waals surface area contributed by atoms with Crippen LogP contribution in [0.5, 0.6) is 0 Å². The van der Waals surface area contributed by atoms with E-state index in [9.17, 15) is 4.79 Å². The average Bonchev–Trinajstić information content (AvgIpc) is 2.48. The van der Waals surface area contributed by atoms with E-state index in [-0.39, 0.29) is 17.4 Å². The molecule has 0 saturated carbocycles. The number of fused-ring (bicyclic) bond motifs is 1. The van der Waals surface area contributed by atoms with Gasteiger partial charge in [0.15, 0.2) is 0 Å². The number of rotatable bonds is 2. The second kappa shape index (κ2) is 4.87. The Morgan fingerprint density at radius 2 is 2.11 bits per heavy atom. The molecule has 1 aliphatic rings. The highest BCUT2D eigenvalue weighted by atomic mass is 16.1. The zero-order valence-corrected chi connectivity index (χ0v) is 12.5. The average molecular weight is 264 g/mol. The van der Waals surface area contributed by atoms with Crippen LogP contribution in [0.2, 0.25) is 0 Å². The second-order valence-corrected chi connectivity index (χ2v) is 6.36. The van der Waals surface area contributed by atoms with Gasteiger partial charge in [0.25, 0.3) is 0 Å². The summed E-state index contributed by atoms with van der Waals surface area (Å²) in [7, 11) is 1.92. The maximum atomic E-state index is 12.1. The van der Waals surface area contributed by atoms with Gasteiger partial charge < -0.3 is 10.6 Å². The number of nitrogens with zero attached hydrogens (tertiary/aromatic N) is 2. The van der Waals surface area contributed by atoms with Crippen LogP contribution in [-0.4, -0.2) is 21.7 Å². The largest absolute Gasteiger partial charge is 0.365 e. The molecule has 1 aliphatic heterocycles. The molecule has 0 radical (unpaired) electrons. The molecule has 1 atom stereocenters. The summed E-state index contributed by atoms with van der Waals surface area (Å²) in [5.74, 6) is 0.991. The first-order valence-electron chi connectivity index (χ1n) is 6.95. The van der Waals surface area contributed by atoms with Crippen molar-refractivity contribution in [3.8, 4) is 0 Å². The van der Waals surface area contributed by atoms with Gasteiger partial charge in [0.1, 0.15) is 11.5 Å². The molecule has 2 N–H and O–H groups in total. The van der Waals surface area contributed by atoms with E-state index in [4.69, 9.17) is 0 Å². The molecule has 2 rings (SSSR count). The van der Waals surface area contributed by atoms with Crippen molar-refractivity contribution in [2.45, 2.75) is 53.0 Å². The number of hydrogen-bond acceptors (Lipinski definition) is 3. The highest BCUT2D eigenvalue weighted by Gasteiger charge is 2.32. The zero-order chi connectivity index (χ0) is 14.2. The molecule has 19 heavy (non-hydrogen) atoms. The zero-order valence-electron chi connectivity index (χ0n) is 12.5. The molecule has 5 nitrogen and oxygen atoms in total. The van der Waals surface area contributed by atoms with Crippen LogP contribution < -0.4 is 10.6 Å². The predicted octanol–water partition coefficient (Wildman–Crippen LogP) is 2.54. The SMILES string of the molecule is CCCc1nn(C)c2c1NC(=O)CC(C(C)(C)C)N2. The van der Waals surface area contributed by atoms with E-state index in [0.29, 0.717) is 6.42 Å². The van der Waals surface area contributed by atoms with Crippen LogP contribution in [0.25, 0.3) is 0 Å². The summed E-state index contributed by atoms with van der Waals surface area (Å²) >= 11 is 0. The van der Waals surface area contributed by atoms with Crippen molar-refractivity contribution < 1.29 is 4.79 Å². The lowest BCUT2D eigenvalue weighted by Gasteiger charge is -2.30. The van der Waals surface area contributed by atoms with E-state index < -0.39 is 0 Å². The normalized spacial score (nSPS) is 19.4. The number of aromatic nitrogens is 2. The highest BCUT2D eigenvalue weighted by Crippen LogP contribution is 2.34. The van der Waals surface area contributed by atoms with Crippen molar-refractivity contribution in [1.82, 2.24) is 9.78 Å². The van der Waals surface area contributed by atoms with Crippen LogP contribution in [0, 0.1) is 5.41 Å². The van der Waals surface area contributed by atoms with E-state index in [2.05, 4.69) is 43.4 Å². The Balaban J connectivity index is 2.41. The lowest BCUT2D eigenvalue weighted by Crippen LogP contribution is -2.36. The minimum Gasteiger partial charge on any atom is -0.365 e. The molecule has 106 valence electrons. The molecule has 0 aliphatic carbocycles. The molecule has 5 heteroatoms. The summed E-state index contributed by atoms with van der Waals surface area (Å²) in [5, 5.41) is 11.0. The fourth-order valence-corrected chi connectivity index (χ4v) is 2.40. The van der Waals surface area contributed by atoms with Crippen LogP contribution in [0.4, 0.5) is 11.5 Å². The molecule has 0 saturated heterocycles. The fourth-order valence-electron chi connectivity index (χ4n) is 2.40. The molecule has 1 unspecified atom stereocenters. The van der Waals surface area contributed by atoms with Gasteiger partial charge in [-0.05, 0) is 11.8 Å². The molecule has 1 aromatic rings. The number of anilines is 2. The lowest BCUT2D eigenvalue weighted by molar-refractivity contribution is -0.116. The van der Waals surface area contributed by atoms with Gasteiger partial charge in [-0.2, -0.15) is 5.10 Å². The Morgan fingerprint density at radius 1 is 1.42 bits per heavy atom. The van der Waals surface area contributed by atoms with Gasteiger partial charge in [0.05, 0.1) is 5.69 Å². The van der Waals surface area contributed by atoms with Crippen molar-refractivity contribution in [1.29, 1.82) is 0 Å². The van der Waals surface area contributed by atoms with Crippen LogP contribution >= 0.6 is 0 Å². The van der Waals surface area contributed by atoms with Crippen LogP contribution in [0.15, 0.2) is 0 Å². The van der Waals surface area contributed by atoms with E-state index in [1.807, 2.05) is 11.7 Å². The number of carbonyl (C=O) groups is 1. The van der Waals surface area contributed by atoms with Crippen LogP contribution in [0.1, 0.15) is 46.2 Å². The number of hydrogen-bond donors (Lipinski definition) is 2. The Labute approximate surface area is 114 Å². The van der Waals surface area contributed by atoms with Crippen LogP contribution in [0.3, 0.4) is 0 Å². The molecule has 0 aromatic carbocycles. The highest BCUT2D eigenvalue weighted by molar-refractivity contribution is 5.96. The molecule has 0 spiro atoms. The minimum atomic E-state index is 0.0220. The summed E-state index contributed by atoms with van der Waals surface area (Å²) in [4.78, 5) is 12.1. The maximum Gasteiger partial charge on any atom is 0.226 e. The van der Waals surface area contributed by atoms with Gasteiger partial charge >= 0.3 is 0 Å². The first kappa shape index (κ1) is 13.9. The number of aryl methyl sites for hydroxylation is 2. The minimum absolute atomic E-state index is 0.0220. The van der Waals surface area contributed by atoms with Crippen molar-refractivity contribution >= 4 is 17.4 Å². The van der Waals surface area contributed by atoms with E-state index >= 15 is 0 Å². The van der Waals surface area contributed by atoms with E-state index in [1.54, 1.807) is 0 Å². The summed E-state index contributed by atoms with van der Waals surface area (Å²) in [6, 6.07) is 0.110. The van der Waals surface area contributed by atoms with Gasteiger partial charge in [0.2, 0.25) is 5.91 Å². The van der Waals surface area contributed by atoms with Crippen molar-refractivity contribution in [3.63, 3.8) is 0 Å². The Morgan fingerprint density at radius 3 is 2.68 bits per heavy atom. The molecule has 2 heterocycles. The second-order valence-electron chi connectivity index (χ2n) is 6.36. The molecule has 0 fully saturated rings. The summed E-state index contributed by atoms with van der Waals surface area (Å²) in [6.07, 6.45) is 2.39. The monoisotopic (exact) mass is 264 g/mol. The van der Waals surface area contributed by atoms with Gasteiger partial charge in [-0.15, -0.1) is 0 Å². The smallest absolute Gasteiger partial charge is 0.226 e. The van der Waals surface area contributed by atoms with Gasteiger partial charge in [-0.1, -0.05) is 34.1 Å². The molecular formula is C14H24N4O. The molecule has 0 bridgehead atoms. The van der Waals surface area contributed by atoms with Gasteiger partial charge in [-0.3, -0.25) is 9.48 Å². The van der Waals surface area contributed by atoms with E-state index in [0.717, 1.165) is 30.0 Å². The number of nitrogens with one attached hydrogen (secondary N) is 2. The summed E-state index contributed by atoms with van der Waals surface area (Å²) in [5.41, 5.74) is 1.85. The fraction of sp³-hybridized carbons (Fsp3) is 0.714. The summed E-state index contributed by atoms with van der Waals surface area (Å²) < 4.78 is 1.84. The Hall–Kier alpha value is -1.52. The topological polar surface area (TPSA) is 59.0 Å². The Kier molecular flexibility index (Phi) is 3.56. The van der Waals surface area contributed by atoms with Crippen molar-refractivity contribution in [2.24, 2.45) is 12.5 Å². The third kappa shape index (κ3) is 2.74. The van der Waals surface area contributed by atoms with Gasteiger partial charge in [-0.25, -0.2) is 0 Å². The number of amides is 1.